The first-order chi connectivity index (χ1) is 10.7. The molecular weight excluding hydrogens is 293 g/mol. The summed E-state index contributed by atoms with van der Waals surface area (Å²) >= 11 is 0. The van der Waals surface area contributed by atoms with E-state index in [1.165, 1.54) is 0 Å². The molecule has 3 nitrogen and oxygen atoms in total. The monoisotopic (exact) mass is 314 g/mol. The van der Waals surface area contributed by atoms with Crippen molar-refractivity contribution in [1.29, 1.82) is 0 Å². The number of halogens is 3. The molecule has 0 spiro atoms. The fraction of sp³-hybridized carbons (Fsp3) is 0.625. The second-order valence-corrected chi connectivity index (χ2v) is 5.97. The third kappa shape index (κ3) is 3.29. The first-order valence-corrected chi connectivity index (χ1v) is 7.84. The van der Waals surface area contributed by atoms with Crippen LogP contribution in [0.2, 0.25) is 0 Å². The van der Waals surface area contributed by atoms with E-state index in [4.69, 9.17) is 4.74 Å². The van der Waals surface area contributed by atoms with Crippen molar-refractivity contribution in [2.24, 2.45) is 5.92 Å². The summed E-state index contributed by atoms with van der Waals surface area (Å²) in [6.45, 7) is 4.34. The van der Waals surface area contributed by atoms with Crippen LogP contribution in [-0.4, -0.2) is 44.3 Å². The van der Waals surface area contributed by atoms with Crippen molar-refractivity contribution < 1.29 is 17.9 Å². The molecule has 0 aliphatic carbocycles. The lowest BCUT2D eigenvalue weighted by Gasteiger charge is -2.41. The van der Waals surface area contributed by atoms with Crippen molar-refractivity contribution >= 4 is 0 Å². The van der Waals surface area contributed by atoms with E-state index in [2.05, 4.69) is 10.2 Å². The molecule has 1 aromatic carbocycles. The average Bonchev–Trinajstić information content (AvgIpc) is 2.54. The molecule has 0 unspecified atom stereocenters. The molecule has 6 heteroatoms. The Morgan fingerprint density at radius 2 is 1.77 bits per heavy atom. The first-order valence-electron chi connectivity index (χ1n) is 7.84. The maximum atomic E-state index is 14.3. The van der Waals surface area contributed by atoms with Crippen LogP contribution in [0.25, 0.3) is 0 Å². The predicted octanol–water partition coefficient (Wildman–Crippen LogP) is 2.48. The minimum atomic E-state index is -1.11. The molecule has 0 aromatic heterocycles. The number of hydrogen-bond acceptors (Lipinski definition) is 3. The van der Waals surface area contributed by atoms with E-state index in [1.807, 2.05) is 0 Å². The summed E-state index contributed by atoms with van der Waals surface area (Å²) in [5.41, 5.74) is 0.145. The third-order valence-electron chi connectivity index (χ3n) is 4.60. The normalized spacial score (nSPS) is 22.7. The number of nitrogens with zero attached hydrogens (tertiary/aromatic N) is 1. The maximum absolute atomic E-state index is 14.3. The first kappa shape index (κ1) is 15.8. The second kappa shape index (κ2) is 6.98. The lowest BCUT2D eigenvalue weighted by Crippen LogP contribution is -2.47. The van der Waals surface area contributed by atoms with Crippen LogP contribution in [0, 0.1) is 23.4 Å². The van der Waals surface area contributed by atoms with E-state index in [-0.39, 0.29) is 17.5 Å². The summed E-state index contributed by atoms with van der Waals surface area (Å²) in [5.74, 6) is -2.60. The highest BCUT2D eigenvalue weighted by Gasteiger charge is 2.34. The summed E-state index contributed by atoms with van der Waals surface area (Å²) in [6, 6.07) is 1.47. The van der Waals surface area contributed by atoms with Crippen molar-refractivity contribution in [3.8, 4) is 0 Å². The van der Waals surface area contributed by atoms with Crippen LogP contribution in [0.4, 0.5) is 13.2 Å². The quantitative estimate of drug-likeness (QED) is 0.868. The van der Waals surface area contributed by atoms with Gasteiger partial charge in [-0.25, -0.2) is 13.2 Å². The van der Waals surface area contributed by atoms with E-state index in [9.17, 15) is 13.2 Å². The lowest BCUT2D eigenvalue weighted by molar-refractivity contribution is 0.0200. The highest BCUT2D eigenvalue weighted by molar-refractivity contribution is 5.25. The van der Waals surface area contributed by atoms with Gasteiger partial charge in [-0.1, -0.05) is 0 Å². The molecule has 0 radical (unpaired) electrons. The zero-order chi connectivity index (χ0) is 15.5. The Balaban J connectivity index is 1.96. The summed E-state index contributed by atoms with van der Waals surface area (Å²) in [4.78, 5) is 2.14. The maximum Gasteiger partial charge on any atom is 0.163 e. The lowest BCUT2D eigenvalue weighted by atomic mass is 9.85. The van der Waals surface area contributed by atoms with Gasteiger partial charge >= 0.3 is 0 Å². The van der Waals surface area contributed by atoms with Crippen molar-refractivity contribution in [2.45, 2.75) is 18.9 Å². The van der Waals surface area contributed by atoms with Crippen LogP contribution in [0.3, 0.4) is 0 Å². The third-order valence-corrected chi connectivity index (χ3v) is 4.60. The van der Waals surface area contributed by atoms with Crippen LogP contribution in [0.1, 0.15) is 24.4 Å². The van der Waals surface area contributed by atoms with Crippen LogP contribution in [0.15, 0.2) is 12.1 Å². The smallest absolute Gasteiger partial charge is 0.163 e. The van der Waals surface area contributed by atoms with E-state index in [0.717, 1.165) is 45.1 Å². The Morgan fingerprint density at radius 1 is 1.09 bits per heavy atom. The number of hydrogen-bond donors (Lipinski definition) is 1. The molecule has 2 aliphatic heterocycles. The number of nitrogens with one attached hydrogen (secondary N) is 1. The molecule has 2 aliphatic rings. The Labute approximate surface area is 128 Å². The standard InChI is InChI=1S/C16H21F3N2O/c17-12-9-13(15(19)14(18)10-12)16(11-1-7-22-8-2-11)21-5-3-20-4-6-21/h9-11,16,20H,1-8H2/t16-/m0/s1. The summed E-state index contributed by atoms with van der Waals surface area (Å²) in [7, 11) is 0. The molecule has 22 heavy (non-hydrogen) atoms. The molecule has 3 rings (SSSR count). The predicted molar refractivity (Wildman–Crippen MR) is 77.0 cm³/mol. The van der Waals surface area contributed by atoms with Crippen molar-refractivity contribution in [1.82, 2.24) is 10.2 Å². The van der Waals surface area contributed by atoms with E-state index < -0.39 is 17.5 Å². The van der Waals surface area contributed by atoms with Gasteiger partial charge in [0.25, 0.3) is 0 Å². The van der Waals surface area contributed by atoms with Gasteiger partial charge in [0.2, 0.25) is 0 Å². The van der Waals surface area contributed by atoms with Crippen molar-refractivity contribution in [3.63, 3.8) is 0 Å². The molecule has 1 N–H and O–H groups in total. The van der Waals surface area contributed by atoms with Gasteiger partial charge in [0.05, 0.1) is 0 Å². The fourth-order valence-electron chi connectivity index (χ4n) is 3.53. The minimum Gasteiger partial charge on any atom is -0.381 e. The number of piperazine rings is 1. The van der Waals surface area contributed by atoms with Gasteiger partial charge in [-0.05, 0) is 24.8 Å². The SMILES string of the molecule is Fc1cc(F)c(F)c([C@H](C2CCOCC2)N2CCNCC2)c1. The molecule has 0 amide bonds. The van der Waals surface area contributed by atoms with E-state index >= 15 is 0 Å². The van der Waals surface area contributed by atoms with Crippen LogP contribution >= 0.6 is 0 Å². The topological polar surface area (TPSA) is 24.5 Å². The molecule has 0 bridgehead atoms. The molecule has 1 aromatic rings. The van der Waals surface area contributed by atoms with Gasteiger partial charge in [-0.2, -0.15) is 0 Å². The number of ether oxygens (including phenoxy) is 1. The van der Waals surface area contributed by atoms with E-state index in [0.29, 0.717) is 19.3 Å². The van der Waals surface area contributed by atoms with Crippen molar-refractivity contribution in [2.75, 3.05) is 39.4 Å². The van der Waals surface area contributed by atoms with E-state index in [1.54, 1.807) is 0 Å². The Bertz CT molecular complexity index is 496. The molecule has 1 atom stereocenters. The fourth-order valence-corrected chi connectivity index (χ4v) is 3.53. The van der Waals surface area contributed by atoms with Gasteiger partial charge in [-0.15, -0.1) is 0 Å². The molecule has 2 heterocycles. The summed E-state index contributed by atoms with van der Waals surface area (Å²) in [6.07, 6.45) is 1.57. The number of rotatable bonds is 3. The van der Waals surface area contributed by atoms with Gasteiger partial charge in [-0.3, -0.25) is 4.90 Å². The molecule has 0 saturated carbocycles. The molecule has 2 saturated heterocycles. The van der Waals surface area contributed by atoms with Gasteiger partial charge < -0.3 is 10.1 Å². The van der Waals surface area contributed by atoms with Gasteiger partial charge in [0.15, 0.2) is 11.6 Å². The molecule has 122 valence electrons. The Hall–Kier alpha value is -1.11. The second-order valence-electron chi connectivity index (χ2n) is 5.97. The van der Waals surface area contributed by atoms with Gasteiger partial charge in [0.1, 0.15) is 5.82 Å². The zero-order valence-electron chi connectivity index (χ0n) is 12.5. The van der Waals surface area contributed by atoms with Crippen LogP contribution in [-0.2, 0) is 4.74 Å². The Morgan fingerprint density at radius 3 is 2.45 bits per heavy atom. The number of benzene rings is 1. The Kier molecular flexibility index (Phi) is 5.00. The van der Waals surface area contributed by atoms with Crippen LogP contribution in [0.5, 0.6) is 0 Å². The average molecular weight is 314 g/mol. The van der Waals surface area contributed by atoms with Gasteiger partial charge in [0, 0.05) is 57.1 Å². The minimum absolute atomic E-state index is 0.145. The highest BCUT2D eigenvalue weighted by atomic mass is 19.2. The largest absolute Gasteiger partial charge is 0.381 e. The summed E-state index contributed by atoms with van der Waals surface area (Å²) < 4.78 is 47.0. The molecule has 2 fully saturated rings. The summed E-state index contributed by atoms with van der Waals surface area (Å²) in [5, 5.41) is 3.25. The zero-order valence-corrected chi connectivity index (χ0v) is 12.5. The van der Waals surface area contributed by atoms with Crippen molar-refractivity contribution in [3.05, 3.63) is 35.1 Å². The van der Waals surface area contributed by atoms with Crippen LogP contribution < -0.4 is 5.32 Å². The molecular formula is C16H21F3N2O. The highest BCUT2D eigenvalue weighted by Crippen LogP contribution is 2.37.